The van der Waals surface area contributed by atoms with Gasteiger partial charge >= 0.3 is 0 Å². The summed E-state index contributed by atoms with van der Waals surface area (Å²) in [4.78, 5) is 4.71. The second-order valence-corrected chi connectivity index (χ2v) is 6.24. The van der Waals surface area contributed by atoms with Crippen molar-refractivity contribution in [2.75, 3.05) is 5.88 Å². The number of halogens is 2. The summed E-state index contributed by atoms with van der Waals surface area (Å²) < 4.78 is 5.14. The third-order valence-electron chi connectivity index (χ3n) is 3.55. The van der Waals surface area contributed by atoms with E-state index in [-0.39, 0.29) is 6.04 Å². The third kappa shape index (κ3) is 2.58. The van der Waals surface area contributed by atoms with E-state index < -0.39 is 0 Å². The molecule has 1 atom stereocenters. The van der Waals surface area contributed by atoms with Crippen LogP contribution in [0.5, 0.6) is 0 Å². The number of hydrogen-bond acceptors (Lipinski definition) is 3. The van der Waals surface area contributed by atoms with Crippen molar-refractivity contribution in [1.82, 2.24) is 24.3 Å². The summed E-state index contributed by atoms with van der Waals surface area (Å²) in [6.07, 6.45) is 2.43. The van der Waals surface area contributed by atoms with Gasteiger partial charge < -0.3 is 9.13 Å². The van der Waals surface area contributed by atoms with Gasteiger partial charge in [-0.2, -0.15) is 0 Å². The van der Waals surface area contributed by atoms with Crippen molar-refractivity contribution in [3.63, 3.8) is 0 Å². The molecule has 1 unspecified atom stereocenters. The van der Waals surface area contributed by atoms with Crippen molar-refractivity contribution in [1.29, 1.82) is 0 Å². The molecule has 0 bridgehead atoms. The van der Waals surface area contributed by atoms with Crippen molar-refractivity contribution < 1.29 is 0 Å². The lowest BCUT2D eigenvalue weighted by Gasteiger charge is -2.16. The van der Waals surface area contributed by atoms with Gasteiger partial charge in [0, 0.05) is 23.8 Å². The number of nitrogens with zero attached hydrogens (tertiary/aromatic N) is 5. The van der Waals surface area contributed by atoms with Crippen LogP contribution in [0.4, 0.5) is 0 Å². The lowest BCUT2D eigenvalue weighted by atomic mass is 10.2. The van der Waals surface area contributed by atoms with Crippen LogP contribution in [0.25, 0.3) is 11.0 Å². The van der Waals surface area contributed by atoms with Crippen molar-refractivity contribution >= 4 is 38.6 Å². The van der Waals surface area contributed by atoms with Crippen LogP contribution >= 0.6 is 27.5 Å². The molecular weight excluding hydrogens is 354 g/mol. The first-order chi connectivity index (χ1) is 10.1. The maximum atomic E-state index is 5.93. The van der Waals surface area contributed by atoms with Gasteiger partial charge in [0.2, 0.25) is 0 Å². The molecule has 0 aliphatic heterocycles. The average molecular weight is 369 g/mol. The fourth-order valence-electron chi connectivity index (χ4n) is 2.60. The van der Waals surface area contributed by atoms with Gasteiger partial charge in [0.1, 0.15) is 12.2 Å². The van der Waals surface area contributed by atoms with Crippen LogP contribution in [-0.4, -0.2) is 30.2 Å². The molecule has 21 heavy (non-hydrogen) atoms. The first-order valence-electron chi connectivity index (χ1n) is 6.68. The molecule has 0 radical (unpaired) electrons. The Morgan fingerprint density at radius 1 is 1.38 bits per heavy atom. The minimum atomic E-state index is 0.0434. The smallest absolute Gasteiger partial charge is 0.155 e. The molecule has 0 fully saturated rings. The Balaban J connectivity index is 2.19. The Morgan fingerprint density at radius 2 is 2.19 bits per heavy atom. The zero-order valence-corrected chi connectivity index (χ0v) is 14.1. The SMILES string of the molecule is CC(c1nncn1C)n1c(CCCl)nc2cc(Br)ccc21. The number of rotatable bonds is 4. The fourth-order valence-corrected chi connectivity index (χ4v) is 3.12. The van der Waals surface area contributed by atoms with Crippen molar-refractivity contribution in [2.24, 2.45) is 7.05 Å². The molecule has 110 valence electrons. The largest absolute Gasteiger partial charge is 0.319 e. The number of benzene rings is 1. The van der Waals surface area contributed by atoms with E-state index in [4.69, 9.17) is 16.6 Å². The first-order valence-corrected chi connectivity index (χ1v) is 8.00. The molecule has 5 nitrogen and oxygen atoms in total. The summed E-state index contributed by atoms with van der Waals surface area (Å²) in [6.45, 7) is 2.10. The molecule has 0 spiro atoms. The molecule has 3 aromatic rings. The second kappa shape index (κ2) is 5.77. The van der Waals surface area contributed by atoms with E-state index in [0.29, 0.717) is 5.88 Å². The van der Waals surface area contributed by atoms with Crippen LogP contribution in [0.2, 0.25) is 0 Å². The van der Waals surface area contributed by atoms with Crippen LogP contribution < -0.4 is 0 Å². The van der Waals surface area contributed by atoms with E-state index in [2.05, 4.69) is 43.7 Å². The molecule has 0 N–H and O–H groups in total. The molecule has 0 saturated carbocycles. The topological polar surface area (TPSA) is 48.5 Å². The van der Waals surface area contributed by atoms with Crippen LogP contribution in [-0.2, 0) is 13.5 Å². The number of hydrogen-bond donors (Lipinski definition) is 0. The normalized spacial score (nSPS) is 13.0. The highest BCUT2D eigenvalue weighted by Gasteiger charge is 2.20. The van der Waals surface area contributed by atoms with E-state index in [1.165, 1.54) is 0 Å². The van der Waals surface area contributed by atoms with Gasteiger partial charge in [0.05, 0.1) is 17.1 Å². The number of alkyl halides is 1. The summed E-state index contributed by atoms with van der Waals surface area (Å²) in [5.41, 5.74) is 2.03. The molecule has 0 saturated heterocycles. The Kier molecular flexibility index (Phi) is 3.99. The van der Waals surface area contributed by atoms with E-state index >= 15 is 0 Å². The van der Waals surface area contributed by atoms with Gasteiger partial charge in [-0.05, 0) is 25.1 Å². The van der Waals surface area contributed by atoms with Gasteiger partial charge in [-0.3, -0.25) is 0 Å². The highest BCUT2D eigenvalue weighted by Crippen LogP contribution is 2.27. The summed E-state index contributed by atoms with van der Waals surface area (Å²) in [5.74, 6) is 2.40. The maximum absolute atomic E-state index is 5.93. The molecule has 3 rings (SSSR count). The second-order valence-electron chi connectivity index (χ2n) is 4.95. The van der Waals surface area contributed by atoms with Crippen molar-refractivity contribution in [3.8, 4) is 0 Å². The minimum absolute atomic E-state index is 0.0434. The van der Waals surface area contributed by atoms with Crippen LogP contribution in [0.3, 0.4) is 0 Å². The van der Waals surface area contributed by atoms with Gasteiger partial charge in [-0.15, -0.1) is 21.8 Å². The molecule has 2 aromatic heterocycles. The third-order valence-corrected chi connectivity index (χ3v) is 4.23. The quantitative estimate of drug-likeness (QED) is 0.664. The van der Waals surface area contributed by atoms with Crippen molar-refractivity contribution in [3.05, 3.63) is 40.6 Å². The lowest BCUT2D eigenvalue weighted by Crippen LogP contribution is -2.15. The minimum Gasteiger partial charge on any atom is -0.319 e. The predicted octanol–water partition coefficient (Wildman–Crippen LogP) is 3.32. The van der Waals surface area contributed by atoms with Crippen LogP contribution in [0, 0.1) is 0 Å². The Hall–Kier alpha value is -1.40. The van der Waals surface area contributed by atoms with E-state index in [1.54, 1.807) is 6.33 Å². The Labute approximate surface area is 136 Å². The molecule has 0 amide bonds. The average Bonchev–Trinajstić information content (AvgIpc) is 3.01. The monoisotopic (exact) mass is 367 g/mol. The van der Waals surface area contributed by atoms with E-state index in [0.717, 1.165) is 33.6 Å². The van der Waals surface area contributed by atoms with Gasteiger partial charge in [0.15, 0.2) is 5.82 Å². The van der Waals surface area contributed by atoms with Gasteiger partial charge in [-0.25, -0.2) is 4.98 Å². The molecule has 7 heteroatoms. The fraction of sp³-hybridized carbons (Fsp3) is 0.357. The molecule has 2 heterocycles. The predicted molar refractivity (Wildman–Crippen MR) is 86.7 cm³/mol. The summed E-state index contributed by atoms with van der Waals surface area (Å²) in [5, 5.41) is 8.19. The van der Waals surface area contributed by atoms with Gasteiger partial charge in [-0.1, -0.05) is 15.9 Å². The number of fused-ring (bicyclic) bond motifs is 1. The van der Waals surface area contributed by atoms with Crippen LogP contribution in [0.15, 0.2) is 29.0 Å². The van der Waals surface area contributed by atoms with Crippen LogP contribution in [0.1, 0.15) is 24.6 Å². The summed E-state index contributed by atoms with van der Waals surface area (Å²) in [7, 11) is 1.95. The summed E-state index contributed by atoms with van der Waals surface area (Å²) >= 11 is 9.42. The Morgan fingerprint density at radius 3 is 2.86 bits per heavy atom. The van der Waals surface area contributed by atoms with Crippen molar-refractivity contribution in [2.45, 2.75) is 19.4 Å². The highest BCUT2D eigenvalue weighted by atomic mass is 79.9. The zero-order chi connectivity index (χ0) is 15.0. The zero-order valence-electron chi connectivity index (χ0n) is 11.8. The number of aryl methyl sites for hydroxylation is 2. The highest BCUT2D eigenvalue weighted by molar-refractivity contribution is 9.10. The molecule has 1 aromatic carbocycles. The van der Waals surface area contributed by atoms with E-state index in [9.17, 15) is 0 Å². The molecule has 0 aliphatic carbocycles. The molecular formula is C14H15BrClN5. The number of aromatic nitrogens is 5. The maximum Gasteiger partial charge on any atom is 0.155 e. The summed E-state index contributed by atoms with van der Waals surface area (Å²) in [6, 6.07) is 6.15. The number of imidazole rings is 1. The molecule has 0 aliphatic rings. The van der Waals surface area contributed by atoms with Gasteiger partial charge in [0.25, 0.3) is 0 Å². The standard InChI is InChI=1S/C14H15BrClN5/c1-9(14-19-17-8-20(14)2)21-12-4-3-10(15)7-11(12)18-13(21)5-6-16/h3-4,7-9H,5-6H2,1-2H3. The lowest BCUT2D eigenvalue weighted by molar-refractivity contribution is 0.566. The Bertz CT molecular complexity index is 779. The van der Waals surface area contributed by atoms with E-state index in [1.807, 2.05) is 23.7 Å². The first kappa shape index (κ1) is 14.5.